The molecule has 0 saturated carbocycles. The number of nitrogens with one attached hydrogen (secondary N) is 2. The Morgan fingerprint density at radius 2 is 2.12 bits per heavy atom. The van der Waals surface area contributed by atoms with Gasteiger partial charge in [0.25, 0.3) is 0 Å². The summed E-state index contributed by atoms with van der Waals surface area (Å²) in [7, 11) is 0. The van der Waals surface area contributed by atoms with Crippen LogP contribution in [0.25, 0.3) is 0 Å². The maximum atomic E-state index is 8.66. The summed E-state index contributed by atoms with van der Waals surface area (Å²) in [6.45, 7) is 0.868. The molecule has 1 heterocycles. The third-order valence-electron chi connectivity index (χ3n) is 2.40. The zero-order valence-corrected chi connectivity index (χ0v) is 9.35. The molecule has 0 unspecified atom stereocenters. The van der Waals surface area contributed by atoms with E-state index in [0.717, 1.165) is 30.9 Å². The molecule has 2 aromatic rings. The van der Waals surface area contributed by atoms with Crippen molar-refractivity contribution in [2.24, 2.45) is 0 Å². The van der Waals surface area contributed by atoms with Gasteiger partial charge in [0.2, 0.25) is 0 Å². The molecule has 17 heavy (non-hydrogen) atoms. The van der Waals surface area contributed by atoms with Crippen LogP contribution >= 0.6 is 0 Å². The molecule has 5 nitrogen and oxygen atoms in total. The molecule has 0 aliphatic rings. The zero-order chi connectivity index (χ0) is 11.9. The van der Waals surface area contributed by atoms with Gasteiger partial charge in [0.05, 0.1) is 11.6 Å². The minimum atomic E-state index is 0.678. The van der Waals surface area contributed by atoms with Crippen molar-refractivity contribution in [2.45, 2.75) is 12.8 Å². The molecule has 1 aromatic heterocycles. The highest BCUT2D eigenvalue weighted by Crippen LogP contribution is 2.08. The fourth-order valence-corrected chi connectivity index (χ4v) is 1.50. The Hall–Kier alpha value is -2.35. The van der Waals surface area contributed by atoms with E-state index in [-0.39, 0.29) is 0 Å². The highest BCUT2D eigenvalue weighted by atomic mass is 15.2. The Kier molecular flexibility index (Phi) is 3.71. The summed E-state index contributed by atoms with van der Waals surface area (Å²) < 4.78 is 0. The third kappa shape index (κ3) is 3.31. The van der Waals surface area contributed by atoms with Gasteiger partial charge in [0.15, 0.2) is 0 Å². The number of nitriles is 1. The van der Waals surface area contributed by atoms with Crippen LogP contribution < -0.4 is 5.32 Å². The van der Waals surface area contributed by atoms with Gasteiger partial charge >= 0.3 is 0 Å². The van der Waals surface area contributed by atoms with E-state index >= 15 is 0 Å². The van der Waals surface area contributed by atoms with Crippen LogP contribution in [0.2, 0.25) is 0 Å². The predicted molar refractivity (Wildman–Crippen MR) is 64.4 cm³/mol. The normalized spacial score (nSPS) is 9.82. The Balaban J connectivity index is 1.73. The fourth-order valence-electron chi connectivity index (χ4n) is 1.50. The number of rotatable bonds is 5. The first kappa shape index (κ1) is 11.1. The summed E-state index contributed by atoms with van der Waals surface area (Å²) in [6.07, 6.45) is 3.38. The van der Waals surface area contributed by atoms with Gasteiger partial charge in [-0.2, -0.15) is 10.4 Å². The van der Waals surface area contributed by atoms with E-state index in [2.05, 4.69) is 26.6 Å². The Labute approximate surface area is 99.5 Å². The molecular weight excluding hydrogens is 214 g/mol. The number of aromatic amines is 1. The molecule has 0 aliphatic carbocycles. The minimum Gasteiger partial charge on any atom is -0.385 e. The third-order valence-corrected chi connectivity index (χ3v) is 2.40. The molecule has 0 atom stereocenters. The Morgan fingerprint density at radius 1 is 1.29 bits per heavy atom. The lowest BCUT2D eigenvalue weighted by atomic mass is 10.2. The quantitative estimate of drug-likeness (QED) is 0.762. The molecule has 2 N–H and O–H groups in total. The number of H-pyrrole nitrogens is 1. The summed E-state index contributed by atoms with van der Waals surface area (Å²) in [4.78, 5) is 4.05. The van der Waals surface area contributed by atoms with Crippen molar-refractivity contribution in [1.82, 2.24) is 15.2 Å². The number of aromatic nitrogens is 3. The standard InChI is InChI=1S/C12H13N5/c13-8-10-3-5-11(6-4-10)14-7-1-2-12-15-9-16-17-12/h3-6,9,14H,1-2,7H2,(H,15,16,17). The number of anilines is 1. The summed E-state index contributed by atoms with van der Waals surface area (Å²) in [6, 6.07) is 9.52. The van der Waals surface area contributed by atoms with Gasteiger partial charge in [0, 0.05) is 18.7 Å². The highest BCUT2D eigenvalue weighted by Gasteiger charge is 1.96. The first-order valence-corrected chi connectivity index (χ1v) is 5.47. The van der Waals surface area contributed by atoms with E-state index in [1.54, 1.807) is 12.1 Å². The number of hydrogen-bond donors (Lipinski definition) is 2. The second-order valence-electron chi connectivity index (χ2n) is 3.65. The SMILES string of the molecule is N#Cc1ccc(NCCCc2ncn[nH]2)cc1. The van der Waals surface area contributed by atoms with E-state index in [4.69, 9.17) is 5.26 Å². The molecule has 0 aliphatic heterocycles. The Bertz CT molecular complexity index is 481. The average molecular weight is 227 g/mol. The van der Waals surface area contributed by atoms with Gasteiger partial charge in [-0.05, 0) is 30.7 Å². The molecule has 0 bridgehead atoms. The van der Waals surface area contributed by atoms with Gasteiger partial charge in [0.1, 0.15) is 12.2 Å². The van der Waals surface area contributed by atoms with Crippen molar-refractivity contribution in [3.05, 3.63) is 42.0 Å². The lowest BCUT2D eigenvalue weighted by molar-refractivity contribution is 0.806. The van der Waals surface area contributed by atoms with Crippen molar-refractivity contribution in [1.29, 1.82) is 5.26 Å². The van der Waals surface area contributed by atoms with Gasteiger partial charge < -0.3 is 5.32 Å². The summed E-state index contributed by atoms with van der Waals surface area (Å²) >= 11 is 0. The van der Waals surface area contributed by atoms with Crippen LogP contribution in [0.1, 0.15) is 17.8 Å². The van der Waals surface area contributed by atoms with Gasteiger partial charge in [-0.25, -0.2) is 4.98 Å². The minimum absolute atomic E-state index is 0.678. The van der Waals surface area contributed by atoms with E-state index in [0.29, 0.717) is 5.56 Å². The predicted octanol–water partition coefficient (Wildman–Crippen LogP) is 1.72. The lowest BCUT2D eigenvalue weighted by Gasteiger charge is -2.05. The average Bonchev–Trinajstić information content (AvgIpc) is 2.88. The van der Waals surface area contributed by atoms with Crippen LogP contribution in [-0.2, 0) is 6.42 Å². The van der Waals surface area contributed by atoms with Crippen LogP contribution in [0.15, 0.2) is 30.6 Å². The molecule has 86 valence electrons. The highest BCUT2D eigenvalue weighted by molar-refractivity contribution is 5.46. The topological polar surface area (TPSA) is 77.4 Å². The first-order chi connectivity index (χ1) is 8.38. The largest absolute Gasteiger partial charge is 0.385 e. The number of hydrogen-bond acceptors (Lipinski definition) is 4. The number of nitrogens with zero attached hydrogens (tertiary/aromatic N) is 3. The van der Waals surface area contributed by atoms with Crippen molar-refractivity contribution in [3.8, 4) is 6.07 Å². The summed E-state index contributed by atoms with van der Waals surface area (Å²) in [5, 5.41) is 18.6. The van der Waals surface area contributed by atoms with Crippen LogP contribution in [0.4, 0.5) is 5.69 Å². The molecule has 0 amide bonds. The van der Waals surface area contributed by atoms with Crippen LogP contribution in [0, 0.1) is 11.3 Å². The number of aryl methyl sites for hydroxylation is 1. The van der Waals surface area contributed by atoms with Crippen LogP contribution in [0.3, 0.4) is 0 Å². The van der Waals surface area contributed by atoms with Crippen molar-refractivity contribution in [3.63, 3.8) is 0 Å². The molecular formula is C12H13N5. The second kappa shape index (κ2) is 5.66. The molecule has 0 spiro atoms. The van der Waals surface area contributed by atoms with Crippen molar-refractivity contribution < 1.29 is 0 Å². The van der Waals surface area contributed by atoms with E-state index in [1.165, 1.54) is 6.33 Å². The smallest absolute Gasteiger partial charge is 0.137 e. The van der Waals surface area contributed by atoms with E-state index in [9.17, 15) is 0 Å². The molecule has 5 heteroatoms. The first-order valence-electron chi connectivity index (χ1n) is 5.47. The maximum absolute atomic E-state index is 8.66. The molecule has 1 aromatic carbocycles. The van der Waals surface area contributed by atoms with Gasteiger partial charge in [-0.1, -0.05) is 0 Å². The lowest BCUT2D eigenvalue weighted by Crippen LogP contribution is -2.03. The van der Waals surface area contributed by atoms with Gasteiger partial charge in [-0.15, -0.1) is 0 Å². The molecule has 0 saturated heterocycles. The van der Waals surface area contributed by atoms with E-state index < -0.39 is 0 Å². The molecule has 2 rings (SSSR count). The van der Waals surface area contributed by atoms with Gasteiger partial charge in [-0.3, -0.25) is 5.10 Å². The maximum Gasteiger partial charge on any atom is 0.137 e. The zero-order valence-electron chi connectivity index (χ0n) is 9.35. The van der Waals surface area contributed by atoms with Crippen LogP contribution in [-0.4, -0.2) is 21.7 Å². The van der Waals surface area contributed by atoms with Crippen molar-refractivity contribution in [2.75, 3.05) is 11.9 Å². The van der Waals surface area contributed by atoms with Crippen LogP contribution in [0.5, 0.6) is 0 Å². The van der Waals surface area contributed by atoms with Crippen molar-refractivity contribution >= 4 is 5.69 Å². The molecule has 0 radical (unpaired) electrons. The summed E-state index contributed by atoms with van der Waals surface area (Å²) in [5.74, 6) is 0.909. The fraction of sp³-hybridized carbons (Fsp3) is 0.250. The molecule has 0 fully saturated rings. The van der Waals surface area contributed by atoms with E-state index in [1.807, 2.05) is 12.1 Å². The monoisotopic (exact) mass is 227 g/mol. The second-order valence-corrected chi connectivity index (χ2v) is 3.65. The Morgan fingerprint density at radius 3 is 2.76 bits per heavy atom. The number of benzene rings is 1. The summed E-state index contributed by atoms with van der Waals surface area (Å²) in [5.41, 5.74) is 1.71.